The number of hydrogen-bond acceptors (Lipinski definition) is 4. The molecular formula is C13H16ClN3O3. The monoisotopic (exact) mass is 297 g/mol. The van der Waals surface area contributed by atoms with E-state index in [1.54, 1.807) is 6.07 Å². The highest BCUT2D eigenvalue weighted by molar-refractivity contribution is 6.34. The molecular weight excluding hydrogens is 282 g/mol. The minimum absolute atomic E-state index is 0.0177. The predicted octanol–water partition coefficient (Wildman–Crippen LogP) is 0.756. The topological polar surface area (TPSA) is 93.5 Å². The van der Waals surface area contributed by atoms with Crippen LogP contribution in [-0.2, 0) is 9.53 Å². The maximum absolute atomic E-state index is 11.9. The quantitative estimate of drug-likeness (QED) is 0.765. The number of nitrogens with one attached hydrogen (secondary N) is 2. The largest absolute Gasteiger partial charge is 0.378 e. The first-order chi connectivity index (χ1) is 9.56. The summed E-state index contributed by atoms with van der Waals surface area (Å²) >= 11 is 5.92. The average molecular weight is 298 g/mol. The third-order valence-corrected chi connectivity index (χ3v) is 3.26. The van der Waals surface area contributed by atoms with E-state index in [0.717, 1.165) is 6.54 Å². The molecule has 0 aromatic heterocycles. The van der Waals surface area contributed by atoms with Crippen LogP contribution in [0.3, 0.4) is 0 Å². The normalized spacial score (nSPS) is 18.6. The Morgan fingerprint density at radius 3 is 2.90 bits per heavy atom. The second kappa shape index (κ2) is 6.69. The Morgan fingerprint density at radius 2 is 2.30 bits per heavy atom. The fourth-order valence-electron chi connectivity index (χ4n) is 1.98. The zero-order valence-corrected chi connectivity index (χ0v) is 11.6. The Labute approximate surface area is 121 Å². The maximum Gasteiger partial charge on any atom is 0.250 e. The van der Waals surface area contributed by atoms with Gasteiger partial charge in [-0.1, -0.05) is 11.6 Å². The predicted molar refractivity (Wildman–Crippen MR) is 75.8 cm³/mol. The zero-order valence-electron chi connectivity index (χ0n) is 10.8. The fraction of sp³-hybridized carbons (Fsp3) is 0.385. The smallest absolute Gasteiger partial charge is 0.250 e. The van der Waals surface area contributed by atoms with E-state index in [0.29, 0.717) is 25.3 Å². The van der Waals surface area contributed by atoms with Gasteiger partial charge in [0.2, 0.25) is 11.8 Å². The second-order valence-corrected chi connectivity index (χ2v) is 4.94. The summed E-state index contributed by atoms with van der Waals surface area (Å²) in [6.07, 6.45) is 0.315. The molecule has 6 nitrogen and oxygen atoms in total. The first-order valence-electron chi connectivity index (χ1n) is 6.26. The summed E-state index contributed by atoms with van der Waals surface area (Å²) in [7, 11) is 0. The summed E-state index contributed by atoms with van der Waals surface area (Å²) in [5.41, 5.74) is 5.91. The van der Waals surface area contributed by atoms with Crippen molar-refractivity contribution in [2.24, 2.45) is 5.73 Å². The van der Waals surface area contributed by atoms with E-state index in [4.69, 9.17) is 22.1 Å². The highest BCUT2D eigenvalue weighted by atomic mass is 35.5. The number of amides is 2. The number of halogens is 1. The molecule has 1 aliphatic heterocycles. The maximum atomic E-state index is 11.9. The molecule has 20 heavy (non-hydrogen) atoms. The van der Waals surface area contributed by atoms with E-state index < -0.39 is 5.91 Å². The Kier molecular flexibility index (Phi) is 4.94. The second-order valence-electron chi connectivity index (χ2n) is 4.54. The molecule has 0 radical (unpaired) electrons. The molecule has 1 unspecified atom stereocenters. The van der Waals surface area contributed by atoms with E-state index in [1.807, 2.05) is 0 Å². The molecule has 108 valence electrons. The highest BCUT2D eigenvalue weighted by Gasteiger charge is 2.17. The SMILES string of the molecule is NC(=O)c1ccc(NC(=O)CC2COCCN2)cc1Cl. The third kappa shape index (κ3) is 3.93. The fourth-order valence-corrected chi connectivity index (χ4v) is 2.25. The number of nitrogens with two attached hydrogens (primary N) is 1. The van der Waals surface area contributed by atoms with Crippen LogP contribution in [0, 0.1) is 0 Å². The summed E-state index contributed by atoms with van der Waals surface area (Å²) < 4.78 is 5.28. The average Bonchev–Trinajstić information content (AvgIpc) is 2.39. The number of anilines is 1. The van der Waals surface area contributed by atoms with Gasteiger partial charge in [-0.15, -0.1) is 0 Å². The van der Waals surface area contributed by atoms with E-state index in [1.165, 1.54) is 12.1 Å². The molecule has 0 aliphatic carbocycles. The lowest BCUT2D eigenvalue weighted by molar-refractivity contribution is -0.117. The van der Waals surface area contributed by atoms with E-state index in [9.17, 15) is 9.59 Å². The van der Waals surface area contributed by atoms with Crippen molar-refractivity contribution < 1.29 is 14.3 Å². The molecule has 4 N–H and O–H groups in total. The van der Waals surface area contributed by atoms with Crippen LogP contribution in [0.15, 0.2) is 18.2 Å². The molecule has 0 bridgehead atoms. The molecule has 1 atom stereocenters. The molecule has 1 aromatic carbocycles. The lowest BCUT2D eigenvalue weighted by Gasteiger charge is -2.23. The minimum Gasteiger partial charge on any atom is -0.378 e. The molecule has 1 saturated heterocycles. The molecule has 1 heterocycles. The van der Waals surface area contributed by atoms with Crippen molar-refractivity contribution in [2.45, 2.75) is 12.5 Å². The molecule has 7 heteroatoms. The van der Waals surface area contributed by atoms with Crippen molar-refractivity contribution in [2.75, 3.05) is 25.1 Å². The van der Waals surface area contributed by atoms with Crippen LogP contribution < -0.4 is 16.4 Å². The van der Waals surface area contributed by atoms with Gasteiger partial charge in [0.15, 0.2) is 0 Å². The van der Waals surface area contributed by atoms with Gasteiger partial charge in [0.1, 0.15) is 0 Å². The summed E-state index contributed by atoms with van der Waals surface area (Å²) in [6.45, 7) is 1.94. The van der Waals surface area contributed by atoms with Gasteiger partial charge in [-0.2, -0.15) is 0 Å². The van der Waals surface area contributed by atoms with Crippen LogP contribution in [0.1, 0.15) is 16.8 Å². The van der Waals surface area contributed by atoms with Crippen LogP contribution in [0.5, 0.6) is 0 Å². The van der Waals surface area contributed by atoms with E-state index in [-0.39, 0.29) is 22.5 Å². The van der Waals surface area contributed by atoms with Gasteiger partial charge in [-0.05, 0) is 18.2 Å². The summed E-state index contributed by atoms with van der Waals surface area (Å²) in [6, 6.07) is 4.60. The van der Waals surface area contributed by atoms with Crippen molar-refractivity contribution in [1.29, 1.82) is 0 Å². The van der Waals surface area contributed by atoms with Crippen molar-refractivity contribution in [3.8, 4) is 0 Å². The van der Waals surface area contributed by atoms with Crippen LogP contribution in [0.25, 0.3) is 0 Å². The van der Waals surface area contributed by atoms with Crippen LogP contribution in [0.4, 0.5) is 5.69 Å². The van der Waals surface area contributed by atoms with Gasteiger partial charge in [-0.25, -0.2) is 0 Å². The minimum atomic E-state index is -0.601. The van der Waals surface area contributed by atoms with Gasteiger partial charge < -0.3 is 21.1 Å². The van der Waals surface area contributed by atoms with Crippen molar-refractivity contribution in [3.05, 3.63) is 28.8 Å². The molecule has 1 aromatic rings. The lowest BCUT2D eigenvalue weighted by atomic mass is 10.1. The number of primary amides is 1. The van der Waals surface area contributed by atoms with Crippen molar-refractivity contribution in [1.82, 2.24) is 5.32 Å². The van der Waals surface area contributed by atoms with Gasteiger partial charge >= 0.3 is 0 Å². The highest BCUT2D eigenvalue weighted by Crippen LogP contribution is 2.20. The number of carbonyl (C=O) groups is 2. The zero-order chi connectivity index (χ0) is 14.5. The molecule has 0 spiro atoms. The molecule has 2 amide bonds. The van der Waals surface area contributed by atoms with Crippen molar-refractivity contribution in [3.63, 3.8) is 0 Å². The Balaban J connectivity index is 1.93. The molecule has 0 saturated carbocycles. The Morgan fingerprint density at radius 1 is 1.50 bits per heavy atom. The number of ether oxygens (including phenoxy) is 1. The van der Waals surface area contributed by atoms with E-state index >= 15 is 0 Å². The van der Waals surface area contributed by atoms with Gasteiger partial charge in [-0.3, -0.25) is 9.59 Å². The van der Waals surface area contributed by atoms with Crippen LogP contribution >= 0.6 is 11.6 Å². The van der Waals surface area contributed by atoms with Crippen LogP contribution in [0.2, 0.25) is 5.02 Å². The number of benzene rings is 1. The first-order valence-corrected chi connectivity index (χ1v) is 6.64. The standard InChI is InChI=1S/C13H16ClN3O3/c14-11-5-8(1-2-10(11)13(15)19)17-12(18)6-9-7-20-4-3-16-9/h1-2,5,9,16H,3-4,6-7H2,(H2,15,19)(H,17,18). The van der Waals surface area contributed by atoms with E-state index in [2.05, 4.69) is 10.6 Å². The summed E-state index contributed by atoms with van der Waals surface area (Å²) in [4.78, 5) is 22.9. The number of hydrogen-bond donors (Lipinski definition) is 3. The lowest BCUT2D eigenvalue weighted by Crippen LogP contribution is -2.43. The first kappa shape index (κ1) is 14.8. The number of morpholine rings is 1. The van der Waals surface area contributed by atoms with Gasteiger partial charge in [0.25, 0.3) is 0 Å². The number of rotatable bonds is 4. The Hall–Kier alpha value is -1.63. The summed E-state index contributed by atoms with van der Waals surface area (Å²) in [5.74, 6) is -0.743. The van der Waals surface area contributed by atoms with Gasteiger partial charge in [0, 0.05) is 24.7 Å². The third-order valence-electron chi connectivity index (χ3n) is 2.95. The van der Waals surface area contributed by atoms with Gasteiger partial charge in [0.05, 0.1) is 23.8 Å². The Bertz CT molecular complexity index is 516. The van der Waals surface area contributed by atoms with Crippen molar-refractivity contribution >= 4 is 29.1 Å². The molecule has 1 fully saturated rings. The molecule has 1 aliphatic rings. The van der Waals surface area contributed by atoms with Crippen LogP contribution in [-0.4, -0.2) is 37.6 Å². The molecule has 2 rings (SSSR count). The summed E-state index contributed by atoms with van der Waals surface area (Å²) in [5, 5.41) is 6.14. The number of carbonyl (C=O) groups excluding carboxylic acids is 2.